The number of hydrogen-bond acceptors (Lipinski definition) is 2. The third kappa shape index (κ3) is 4.95. The molecule has 0 atom stereocenters. The van der Waals surface area contributed by atoms with Crippen LogP contribution in [0, 0.1) is 7.11 Å². The van der Waals surface area contributed by atoms with Gasteiger partial charge in [-0.05, 0) is 12.2 Å². The van der Waals surface area contributed by atoms with Crippen molar-refractivity contribution in [2.45, 2.75) is 0 Å². The fourth-order valence-electron chi connectivity index (χ4n) is 0.210. The van der Waals surface area contributed by atoms with E-state index >= 15 is 0 Å². The van der Waals surface area contributed by atoms with Crippen LogP contribution in [0.4, 0.5) is 0 Å². The number of carbonyl (C=O) groups excluding carboxylic acids is 1. The maximum absolute atomic E-state index is 9.59. The Balaban J connectivity index is 3.26. The van der Waals surface area contributed by atoms with Crippen LogP contribution in [0.15, 0.2) is 24.5 Å². The average molecular weight is 111 g/mol. The van der Waals surface area contributed by atoms with E-state index in [9.17, 15) is 4.79 Å². The first-order chi connectivity index (χ1) is 3.91. The van der Waals surface area contributed by atoms with Gasteiger partial charge in [0, 0.05) is 0 Å². The Labute approximate surface area is 48.5 Å². The molecule has 0 unspecified atom stereocenters. The van der Waals surface area contributed by atoms with Gasteiger partial charge in [-0.3, -0.25) is 4.79 Å². The van der Waals surface area contributed by atoms with Crippen molar-refractivity contribution in [3.8, 4) is 0 Å². The van der Waals surface area contributed by atoms with E-state index in [1.165, 1.54) is 12.3 Å². The standard InChI is InChI=1S/C6H7O2/c1-8-6-4-2-3-5-7/h2-6H,1H2/b3-2?,6-4-. The smallest absolute Gasteiger partial charge is 0.142 e. The fourth-order valence-corrected chi connectivity index (χ4v) is 0.210. The topological polar surface area (TPSA) is 26.3 Å². The van der Waals surface area contributed by atoms with Gasteiger partial charge in [-0.25, -0.2) is 0 Å². The molecule has 0 amide bonds. The molecule has 0 bridgehead atoms. The Bertz CT molecular complexity index is 103. The van der Waals surface area contributed by atoms with Crippen molar-refractivity contribution in [3.63, 3.8) is 0 Å². The molecule has 2 nitrogen and oxygen atoms in total. The van der Waals surface area contributed by atoms with Crippen LogP contribution in [-0.4, -0.2) is 6.29 Å². The van der Waals surface area contributed by atoms with Gasteiger partial charge in [0.15, 0.2) is 0 Å². The zero-order valence-electron chi connectivity index (χ0n) is 4.41. The van der Waals surface area contributed by atoms with Gasteiger partial charge in [-0.15, -0.1) is 0 Å². The third-order valence-corrected chi connectivity index (χ3v) is 0.476. The van der Waals surface area contributed by atoms with Crippen LogP contribution < -0.4 is 0 Å². The molecule has 0 spiro atoms. The first-order valence-corrected chi connectivity index (χ1v) is 2.09. The SMILES string of the molecule is [CH2]O/C=C\C=CC=O. The van der Waals surface area contributed by atoms with Crippen LogP contribution >= 0.6 is 0 Å². The first kappa shape index (κ1) is 6.95. The average Bonchev–Trinajstić information content (AvgIpc) is 1.81. The number of hydrogen-bond donors (Lipinski definition) is 0. The van der Waals surface area contributed by atoms with Crippen molar-refractivity contribution in [1.29, 1.82) is 0 Å². The van der Waals surface area contributed by atoms with Gasteiger partial charge < -0.3 is 4.74 Å². The molecule has 1 radical (unpaired) electrons. The molecule has 0 heterocycles. The molecule has 0 N–H and O–H groups in total. The fraction of sp³-hybridized carbons (Fsp3) is 0. The Hall–Kier alpha value is -1.05. The van der Waals surface area contributed by atoms with Gasteiger partial charge in [0.2, 0.25) is 0 Å². The quantitative estimate of drug-likeness (QED) is 0.235. The second-order valence-corrected chi connectivity index (χ2v) is 1.02. The summed E-state index contributed by atoms with van der Waals surface area (Å²) in [7, 11) is 3.07. The van der Waals surface area contributed by atoms with E-state index < -0.39 is 0 Å². The molecule has 0 aliphatic carbocycles. The molecule has 0 saturated carbocycles. The lowest BCUT2D eigenvalue weighted by Gasteiger charge is -1.77. The molecule has 0 aliphatic rings. The zero-order chi connectivity index (χ0) is 6.24. The van der Waals surface area contributed by atoms with Crippen LogP contribution in [0.25, 0.3) is 0 Å². The Morgan fingerprint density at radius 1 is 1.25 bits per heavy atom. The number of aldehydes is 1. The zero-order valence-corrected chi connectivity index (χ0v) is 4.41. The normalized spacial score (nSPS) is 10.6. The summed E-state index contributed by atoms with van der Waals surface area (Å²) < 4.78 is 4.29. The van der Waals surface area contributed by atoms with Crippen molar-refractivity contribution < 1.29 is 9.53 Å². The van der Waals surface area contributed by atoms with Crippen LogP contribution in [0.5, 0.6) is 0 Å². The minimum atomic E-state index is 0.688. The lowest BCUT2D eigenvalue weighted by molar-refractivity contribution is -0.104. The summed E-state index contributed by atoms with van der Waals surface area (Å²) in [6.45, 7) is 0. The molecule has 0 aliphatic heterocycles. The Kier molecular flexibility index (Phi) is 5.17. The largest absolute Gasteiger partial charge is 0.498 e. The predicted octanol–water partition coefficient (Wildman–Crippen LogP) is 1.06. The number of rotatable bonds is 3. The van der Waals surface area contributed by atoms with Gasteiger partial charge in [0.25, 0.3) is 0 Å². The highest BCUT2D eigenvalue weighted by atomic mass is 16.5. The molecule has 0 saturated heterocycles. The van der Waals surface area contributed by atoms with Gasteiger partial charge in [-0.2, -0.15) is 0 Å². The second-order valence-electron chi connectivity index (χ2n) is 1.02. The molecular formula is C6H7O2. The van der Waals surface area contributed by atoms with E-state index in [1.807, 2.05) is 0 Å². The van der Waals surface area contributed by atoms with Crippen molar-refractivity contribution >= 4 is 6.29 Å². The summed E-state index contributed by atoms with van der Waals surface area (Å²) >= 11 is 0. The Morgan fingerprint density at radius 3 is 2.50 bits per heavy atom. The predicted molar refractivity (Wildman–Crippen MR) is 30.8 cm³/mol. The monoisotopic (exact) mass is 111 g/mol. The van der Waals surface area contributed by atoms with Crippen LogP contribution in [0.3, 0.4) is 0 Å². The number of carbonyl (C=O) groups is 1. The molecule has 2 heteroatoms. The summed E-state index contributed by atoms with van der Waals surface area (Å²) in [4.78, 5) is 9.59. The maximum atomic E-state index is 9.59. The highest BCUT2D eigenvalue weighted by molar-refractivity contribution is 5.65. The molecular weight excluding hydrogens is 104 g/mol. The van der Waals surface area contributed by atoms with E-state index in [0.717, 1.165) is 0 Å². The molecule has 0 aromatic heterocycles. The van der Waals surface area contributed by atoms with Crippen molar-refractivity contribution in [2.75, 3.05) is 0 Å². The second kappa shape index (κ2) is 5.95. The van der Waals surface area contributed by atoms with E-state index in [1.54, 1.807) is 12.2 Å². The lowest BCUT2D eigenvalue weighted by atomic mass is 10.5. The van der Waals surface area contributed by atoms with Crippen molar-refractivity contribution in [2.24, 2.45) is 0 Å². The molecule has 0 fully saturated rings. The summed E-state index contributed by atoms with van der Waals surface area (Å²) in [5.74, 6) is 0. The van der Waals surface area contributed by atoms with Crippen molar-refractivity contribution in [3.05, 3.63) is 31.6 Å². The van der Waals surface area contributed by atoms with Gasteiger partial charge in [0.05, 0.1) is 6.26 Å². The van der Waals surface area contributed by atoms with Crippen LogP contribution in [-0.2, 0) is 9.53 Å². The highest BCUT2D eigenvalue weighted by Crippen LogP contribution is 1.74. The minimum absolute atomic E-state index is 0.688. The van der Waals surface area contributed by atoms with Crippen molar-refractivity contribution in [1.82, 2.24) is 0 Å². The molecule has 8 heavy (non-hydrogen) atoms. The van der Waals surface area contributed by atoms with Gasteiger partial charge >= 0.3 is 0 Å². The third-order valence-electron chi connectivity index (χ3n) is 0.476. The lowest BCUT2D eigenvalue weighted by Crippen LogP contribution is -1.59. The molecule has 0 rings (SSSR count). The first-order valence-electron chi connectivity index (χ1n) is 2.09. The molecule has 0 aromatic rings. The van der Waals surface area contributed by atoms with E-state index in [2.05, 4.69) is 11.8 Å². The number of allylic oxidation sites excluding steroid dienone is 3. The van der Waals surface area contributed by atoms with E-state index in [4.69, 9.17) is 0 Å². The maximum Gasteiger partial charge on any atom is 0.142 e. The summed E-state index contributed by atoms with van der Waals surface area (Å²) in [6.07, 6.45) is 6.54. The minimum Gasteiger partial charge on any atom is -0.498 e. The summed E-state index contributed by atoms with van der Waals surface area (Å²) in [6, 6.07) is 0. The molecule has 43 valence electrons. The van der Waals surface area contributed by atoms with E-state index in [-0.39, 0.29) is 0 Å². The Morgan fingerprint density at radius 2 is 2.00 bits per heavy atom. The highest BCUT2D eigenvalue weighted by Gasteiger charge is 1.60. The van der Waals surface area contributed by atoms with Gasteiger partial charge in [0.1, 0.15) is 13.4 Å². The van der Waals surface area contributed by atoms with Crippen LogP contribution in [0.2, 0.25) is 0 Å². The molecule has 0 aromatic carbocycles. The summed E-state index contributed by atoms with van der Waals surface area (Å²) in [5.41, 5.74) is 0. The number of ether oxygens (including phenoxy) is 1. The van der Waals surface area contributed by atoms with Gasteiger partial charge in [-0.1, -0.05) is 6.08 Å². The van der Waals surface area contributed by atoms with E-state index in [0.29, 0.717) is 6.29 Å². The van der Waals surface area contributed by atoms with Crippen LogP contribution in [0.1, 0.15) is 0 Å². The summed E-state index contributed by atoms with van der Waals surface area (Å²) in [5, 5.41) is 0.